The molecule has 0 heterocycles. The normalized spacial score (nSPS) is 15.8. The second-order valence-electron chi connectivity index (χ2n) is 7.23. The van der Waals surface area contributed by atoms with Crippen molar-refractivity contribution in [2.75, 3.05) is 19.0 Å². The lowest BCUT2D eigenvalue weighted by atomic mass is 10.0. The summed E-state index contributed by atoms with van der Waals surface area (Å²) in [6.45, 7) is 0. The fourth-order valence-corrected chi connectivity index (χ4v) is 3.53. The molecule has 2 aromatic rings. The predicted molar refractivity (Wildman–Crippen MR) is 127 cm³/mol. The van der Waals surface area contributed by atoms with Crippen molar-refractivity contribution in [1.29, 1.82) is 0 Å². The first-order chi connectivity index (χ1) is 15.3. The molecule has 166 valence electrons. The molecule has 0 spiro atoms. The van der Waals surface area contributed by atoms with E-state index < -0.39 is 29.8 Å². The van der Waals surface area contributed by atoms with Crippen molar-refractivity contribution in [3.8, 4) is 0 Å². The van der Waals surface area contributed by atoms with Gasteiger partial charge in [-0.2, -0.15) is 5.10 Å². The highest BCUT2D eigenvalue weighted by molar-refractivity contribution is 9.10. The van der Waals surface area contributed by atoms with Gasteiger partial charge in [0.2, 0.25) is 5.91 Å². The molecule has 0 aromatic heterocycles. The molecule has 0 radical (unpaired) electrons. The third-order valence-corrected chi connectivity index (χ3v) is 5.15. The van der Waals surface area contributed by atoms with Crippen LogP contribution in [-0.4, -0.2) is 42.8 Å². The molecule has 2 aromatic carbocycles. The van der Waals surface area contributed by atoms with Gasteiger partial charge >= 0.3 is 6.03 Å². The average Bonchev–Trinajstić information content (AvgIpc) is 2.74. The minimum absolute atomic E-state index is 0.0327. The minimum Gasteiger partial charge on any atom is -0.351 e. The van der Waals surface area contributed by atoms with Gasteiger partial charge in [-0.1, -0.05) is 46.3 Å². The lowest BCUT2D eigenvalue weighted by Crippen LogP contribution is -2.48. The number of amides is 3. The SMILES string of the molecule is CN(C)N=C1C=CC(NC(=O)C(c2ccccc2F)N(C(N)=O)c2ccc(Br)cc2)C=C1. The third kappa shape index (κ3) is 5.61. The zero-order chi connectivity index (χ0) is 23.3. The summed E-state index contributed by atoms with van der Waals surface area (Å²) in [5.74, 6) is -1.20. The number of halogens is 2. The molecule has 0 bridgehead atoms. The first-order valence-electron chi connectivity index (χ1n) is 9.77. The second-order valence-corrected chi connectivity index (χ2v) is 8.15. The number of allylic oxidation sites excluding steroid dienone is 2. The van der Waals surface area contributed by atoms with Gasteiger partial charge in [-0.05, 0) is 42.5 Å². The Hall–Kier alpha value is -3.46. The van der Waals surface area contributed by atoms with E-state index in [4.69, 9.17) is 5.73 Å². The van der Waals surface area contributed by atoms with E-state index in [1.807, 2.05) is 14.1 Å². The smallest absolute Gasteiger partial charge is 0.320 e. The molecule has 1 atom stereocenters. The highest BCUT2D eigenvalue weighted by Crippen LogP contribution is 2.30. The Morgan fingerprint density at radius 2 is 1.72 bits per heavy atom. The molecule has 1 unspecified atom stereocenters. The van der Waals surface area contributed by atoms with E-state index in [0.29, 0.717) is 5.69 Å². The van der Waals surface area contributed by atoms with Crippen LogP contribution in [0.1, 0.15) is 11.6 Å². The number of carbonyl (C=O) groups excluding carboxylic acids is 2. The summed E-state index contributed by atoms with van der Waals surface area (Å²) in [6, 6.07) is 9.82. The lowest BCUT2D eigenvalue weighted by Gasteiger charge is -2.31. The van der Waals surface area contributed by atoms with Crippen molar-refractivity contribution in [2.24, 2.45) is 10.8 Å². The number of hydrogen-bond acceptors (Lipinski definition) is 4. The van der Waals surface area contributed by atoms with Gasteiger partial charge in [-0.15, -0.1) is 0 Å². The van der Waals surface area contributed by atoms with Gasteiger partial charge in [0.15, 0.2) is 0 Å². The summed E-state index contributed by atoms with van der Waals surface area (Å²) in [6.07, 6.45) is 7.05. The summed E-state index contributed by atoms with van der Waals surface area (Å²) < 4.78 is 15.5. The van der Waals surface area contributed by atoms with Crippen molar-refractivity contribution in [3.63, 3.8) is 0 Å². The average molecular weight is 500 g/mol. The highest BCUT2D eigenvalue weighted by Gasteiger charge is 2.34. The fraction of sp³-hybridized carbons (Fsp3) is 0.174. The number of rotatable bonds is 6. The lowest BCUT2D eigenvalue weighted by molar-refractivity contribution is -0.122. The van der Waals surface area contributed by atoms with E-state index in [0.717, 1.165) is 15.1 Å². The molecule has 3 rings (SSSR count). The number of carbonyl (C=O) groups is 2. The summed E-state index contributed by atoms with van der Waals surface area (Å²) >= 11 is 3.34. The number of urea groups is 1. The molecule has 3 N–H and O–H groups in total. The second kappa shape index (κ2) is 10.2. The standard InChI is InChI=1S/C23H23BrFN5O2/c1-29(2)28-17-11-9-16(10-12-17)27-22(31)21(19-5-3-4-6-20(19)25)30(23(26)32)18-13-7-15(24)8-14-18/h3-14,16,21H,1-2H3,(H2,26,32)(H,27,31). The molecule has 3 amide bonds. The van der Waals surface area contributed by atoms with Crippen LogP contribution in [0.25, 0.3) is 0 Å². The largest absolute Gasteiger partial charge is 0.351 e. The number of hydrazone groups is 1. The van der Waals surface area contributed by atoms with Crippen molar-refractivity contribution < 1.29 is 14.0 Å². The van der Waals surface area contributed by atoms with Gasteiger partial charge in [0.1, 0.15) is 11.9 Å². The molecule has 0 saturated carbocycles. The molecule has 0 aliphatic heterocycles. The first-order valence-corrected chi connectivity index (χ1v) is 10.6. The molecular formula is C23H23BrFN5O2. The molecule has 32 heavy (non-hydrogen) atoms. The Bertz CT molecular complexity index is 1070. The summed E-state index contributed by atoms with van der Waals surface area (Å²) in [5.41, 5.74) is 6.77. The summed E-state index contributed by atoms with van der Waals surface area (Å²) in [5, 5.41) is 8.78. The fourth-order valence-electron chi connectivity index (χ4n) is 3.26. The number of nitrogens with one attached hydrogen (secondary N) is 1. The van der Waals surface area contributed by atoms with Crippen LogP contribution in [0, 0.1) is 5.82 Å². The van der Waals surface area contributed by atoms with Crippen molar-refractivity contribution in [3.05, 3.63) is 88.7 Å². The van der Waals surface area contributed by atoms with Crippen molar-refractivity contribution in [1.82, 2.24) is 10.3 Å². The van der Waals surface area contributed by atoms with E-state index in [9.17, 15) is 14.0 Å². The summed E-state index contributed by atoms with van der Waals surface area (Å²) in [7, 11) is 3.62. The highest BCUT2D eigenvalue weighted by atomic mass is 79.9. The maximum Gasteiger partial charge on any atom is 0.320 e. The topological polar surface area (TPSA) is 91.0 Å². The number of benzene rings is 2. The van der Waals surface area contributed by atoms with Gasteiger partial charge in [-0.3, -0.25) is 9.69 Å². The Morgan fingerprint density at radius 3 is 2.28 bits per heavy atom. The van der Waals surface area contributed by atoms with Crippen LogP contribution >= 0.6 is 15.9 Å². The molecule has 0 fully saturated rings. The van der Waals surface area contributed by atoms with Gasteiger partial charge in [0.05, 0.1) is 11.8 Å². The molecule has 0 saturated heterocycles. The molecule has 1 aliphatic rings. The van der Waals surface area contributed by atoms with Gasteiger partial charge < -0.3 is 16.1 Å². The van der Waals surface area contributed by atoms with Gasteiger partial charge in [0, 0.05) is 29.8 Å². The third-order valence-electron chi connectivity index (χ3n) is 4.62. The van der Waals surface area contributed by atoms with Crippen LogP contribution in [0.5, 0.6) is 0 Å². The number of nitrogens with zero attached hydrogens (tertiary/aromatic N) is 3. The maximum atomic E-state index is 14.7. The molecule has 7 nitrogen and oxygen atoms in total. The molecular weight excluding hydrogens is 477 g/mol. The molecule has 1 aliphatic carbocycles. The zero-order valence-corrected chi connectivity index (χ0v) is 19.2. The summed E-state index contributed by atoms with van der Waals surface area (Å²) in [4.78, 5) is 26.9. The van der Waals surface area contributed by atoms with E-state index in [1.54, 1.807) is 59.6 Å². The Balaban J connectivity index is 1.95. The van der Waals surface area contributed by atoms with Crippen LogP contribution in [0.3, 0.4) is 0 Å². The number of primary amides is 1. The monoisotopic (exact) mass is 499 g/mol. The Morgan fingerprint density at radius 1 is 1.09 bits per heavy atom. The van der Waals surface area contributed by atoms with Crippen LogP contribution in [0.4, 0.5) is 14.9 Å². The van der Waals surface area contributed by atoms with Crippen molar-refractivity contribution in [2.45, 2.75) is 12.1 Å². The van der Waals surface area contributed by atoms with E-state index >= 15 is 0 Å². The number of hydrogen-bond donors (Lipinski definition) is 2. The Kier molecular flexibility index (Phi) is 7.42. The Labute approximate surface area is 194 Å². The van der Waals surface area contributed by atoms with E-state index in [1.165, 1.54) is 18.2 Å². The van der Waals surface area contributed by atoms with E-state index in [2.05, 4.69) is 26.3 Å². The number of nitrogens with two attached hydrogens (primary N) is 1. The maximum absolute atomic E-state index is 14.7. The predicted octanol–water partition coefficient (Wildman–Crippen LogP) is 3.74. The van der Waals surface area contributed by atoms with E-state index in [-0.39, 0.29) is 5.56 Å². The van der Waals surface area contributed by atoms with Crippen LogP contribution in [0.2, 0.25) is 0 Å². The van der Waals surface area contributed by atoms with Crippen LogP contribution in [-0.2, 0) is 4.79 Å². The van der Waals surface area contributed by atoms with Gasteiger partial charge in [0.25, 0.3) is 0 Å². The quantitative estimate of drug-likeness (QED) is 0.593. The molecule has 9 heteroatoms. The minimum atomic E-state index is -1.31. The van der Waals surface area contributed by atoms with Crippen LogP contribution < -0.4 is 16.0 Å². The number of anilines is 1. The van der Waals surface area contributed by atoms with Gasteiger partial charge in [-0.25, -0.2) is 9.18 Å². The zero-order valence-electron chi connectivity index (χ0n) is 17.6. The van der Waals surface area contributed by atoms with Crippen molar-refractivity contribution >= 4 is 39.3 Å². The van der Waals surface area contributed by atoms with Crippen LogP contribution in [0.15, 0.2) is 82.4 Å². The first kappa shape index (κ1) is 23.2.